The van der Waals surface area contributed by atoms with Crippen molar-refractivity contribution < 1.29 is 4.74 Å². The summed E-state index contributed by atoms with van der Waals surface area (Å²) < 4.78 is 5.36. The first-order valence-corrected chi connectivity index (χ1v) is 7.24. The molecule has 0 saturated carbocycles. The third-order valence-electron chi connectivity index (χ3n) is 2.65. The first kappa shape index (κ1) is 11.5. The van der Waals surface area contributed by atoms with Gasteiger partial charge in [0.25, 0.3) is 0 Å². The van der Waals surface area contributed by atoms with E-state index in [1.54, 1.807) is 11.3 Å². The molecule has 2 nitrogen and oxygen atoms in total. The van der Waals surface area contributed by atoms with Gasteiger partial charge in [0.1, 0.15) is 0 Å². The van der Waals surface area contributed by atoms with Crippen LogP contribution in [0.2, 0.25) is 0 Å². The van der Waals surface area contributed by atoms with Gasteiger partial charge in [0.15, 0.2) is 0 Å². The predicted molar refractivity (Wildman–Crippen MR) is 67.5 cm³/mol. The minimum Gasteiger partial charge on any atom is -0.381 e. The fourth-order valence-corrected chi connectivity index (χ4v) is 3.92. The molecule has 0 radical (unpaired) electrons. The summed E-state index contributed by atoms with van der Waals surface area (Å²) in [5.41, 5.74) is 7.22. The first-order chi connectivity index (χ1) is 7.40. The Balaban J connectivity index is 1.90. The molecule has 1 aliphatic rings. The summed E-state index contributed by atoms with van der Waals surface area (Å²) >= 11 is 3.78. The number of nitrogens with two attached hydrogens (primary N) is 1. The Hall–Kier alpha value is -0.0300. The molecule has 4 heteroatoms. The molecule has 1 aromatic heterocycles. The van der Waals surface area contributed by atoms with Crippen LogP contribution in [0.5, 0.6) is 0 Å². The van der Waals surface area contributed by atoms with Gasteiger partial charge in [-0.05, 0) is 35.2 Å². The van der Waals surface area contributed by atoms with E-state index < -0.39 is 0 Å². The maximum atomic E-state index is 5.83. The monoisotopic (exact) mass is 243 g/mol. The fraction of sp³-hybridized carbons (Fsp3) is 0.636. The third kappa shape index (κ3) is 3.21. The van der Waals surface area contributed by atoms with Gasteiger partial charge in [-0.3, -0.25) is 0 Å². The molecule has 84 valence electrons. The average Bonchev–Trinajstić information content (AvgIpc) is 2.81. The smallest absolute Gasteiger partial charge is 0.0476 e. The maximum absolute atomic E-state index is 5.83. The molecule has 15 heavy (non-hydrogen) atoms. The van der Waals surface area contributed by atoms with Gasteiger partial charge >= 0.3 is 0 Å². The highest BCUT2D eigenvalue weighted by atomic mass is 32.2. The van der Waals surface area contributed by atoms with Crippen LogP contribution in [-0.4, -0.2) is 25.0 Å². The highest BCUT2D eigenvalue weighted by molar-refractivity contribution is 8.00. The molecule has 2 heterocycles. The van der Waals surface area contributed by atoms with E-state index >= 15 is 0 Å². The summed E-state index contributed by atoms with van der Waals surface area (Å²) in [5, 5.41) is 5.54. The Morgan fingerprint density at radius 2 is 2.33 bits per heavy atom. The number of hydrogen-bond donors (Lipinski definition) is 1. The van der Waals surface area contributed by atoms with Crippen LogP contribution in [0.25, 0.3) is 0 Å². The molecule has 0 bridgehead atoms. The van der Waals surface area contributed by atoms with E-state index in [2.05, 4.69) is 16.8 Å². The van der Waals surface area contributed by atoms with Gasteiger partial charge in [-0.1, -0.05) is 0 Å². The summed E-state index contributed by atoms with van der Waals surface area (Å²) in [7, 11) is 0. The van der Waals surface area contributed by atoms with E-state index in [0.29, 0.717) is 5.25 Å². The molecular weight excluding hydrogens is 226 g/mol. The lowest BCUT2D eigenvalue weighted by Gasteiger charge is -2.25. The SMILES string of the molecule is NCC(SC1CCOCC1)c1ccsc1. The van der Waals surface area contributed by atoms with E-state index in [9.17, 15) is 0 Å². The Kier molecular flexibility index (Phi) is 4.50. The molecule has 1 aromatic rings. The highest BCUT2D eigenvalue weighted by Gasteiger charge is 2.20. The van der Waals surface area contributed by atoms with Crippen molar-refractivity contribution in [1.29, 1.82) is 0 Å². The van der Waals surface area contributed by atoms with Crippen molar-refractivity contribution in [2.24, 2.45) is 5.73 Å². The van der Waals surface area contributed by atoms with Gasteiger partial charge in [0.2, 0.25) is 0 Å². The second kappa shape index (κ2) is 5.89. The fourth-order valence-electron chi connectivity index (χ4n) is 1.77. The predicted octanol–water partition coefficient (Wildman–Crippen LogP) is 2.66. The van der Waals surface area contributed by atoms with Gasteiger partial charge in [0.05, 0.1) is 0 Å². The molecule has 0 spiro atoms. The zero-order valence-corrected chi connectivity index (χ0v) is 10.4. The van der Waals surface area contributed by atoms with E-state index in [0.717, 1.165) is 25.0 Å². The molecule has 1 atom stereocenters. The second-order valence-electron chi connectivity index (χ2n) is 3.73. The minimum atomic E-state index is 0.472. The normalized spacial score (nSPS) is 20.3. The van der Waals surface area contributed by atoms with Gasteiger partial charge in [-0.15, -0.1) is 11.8 Å². The van der Waals surface area contributed by atoms with Crippen LogP contribution in [0.4, 0.5) is 0 Å². The number of thiophene rings is 1. The molecule has 0 aromatic carbocycles. The summed E-state index contributed by atoms with van der Waals surface area (Å²) in [5.74, 6) is 0. The molecular formula is C11H17NOS2. The van der Waals surface area contributed by atoms with Gasteiger partial charge < -0.3 is 10.5 Å². The van der Waals surface area contributed by atoms with E-state index in [1.165, 1.54) is 18.4 Å². The Morgan fingerprint density at radius 1 is 1.53 bits per heavy atom. The van der Waals surface area contributed by atoms with Crippen molar-refractivity contribution in [3.05, 3.63) is 22.4 Å². The molecule has 0 aliphatic carbocycles. The Morgan fingerprint density at radius 3 is 2.93 bits per heavy atom. The molecule has 1 saturated heterocycles. The van der Waals surface area contributed by atoms with Crippen molar-refractivity contribution >= 4 is 23.1 Å². The van der Waals surface area contributed by atoms with E-state index in [-0.39, 0.29) is 0 Å². The van der Waals surface area contributed by atoms with Crippen molar-refractivity contribution in [2.75, 3.05) is 19.8 Å². The third-order valence-corrected chi connectivity index (χ3v) is 5.01. The van der Waals surface area contributed by atoms with Crippen LogP contribution >= 0.6 is 23.1 Å². The Bertz CT molecular complexity index is 270. The summed E-state index contributed by atoms with van der Waals surface area (Å²) in [4.78, 5) is 0. The summed E-state index contributed by atoms with van der Waals surface area (Å²) in [6, 6.07) is 2.19. The molecule has 0 amide bonds. The number of rotatable bonds is 4. The second-order valence-corrected chi connectivity index (χ2v) is 6.02. The average molecular weight is 243 g/mol. The molecule has 2 rings (SSSR count). The van der Waals surface area contributed by atoms with Crippen LogP contribution in [-0.2, 0) is 4.74 Å². The zero-order chi connectivity index (χ0) is 10.5. The van der Waals surface area contributed by atoms with Crippen LogP contribution in [0.1, 0.15) is 23.7 Å². The van der Waals surface area contributed by atoms with E-state index in [4.69, 9.17) is 10.5 Å². The van der Waals surface area contributed by atoms with Crippen molar-refractivity contribution in [1.82, 2.24) is 0 Å². The van der Waals surface area contributed by atoms with Gasteiger partial charge in [-0.2, -0.15) is 11.3 Å². The lowest BCUT2D eigenvalue weighted by molar-refractivity contribution is 0.0999. The van der Waals surface area contributed by atoms with Crippen molar-refractivity contribution in [2.45, 2.75) is 23.3 Å². The van der Waals surface area contributed by atoms with E-state index in [1.807, 2.05) is 11.8 Å². The maximum Gasteiger partial charge on any atom is 0.0476 e. The topological polar surface area (TPSA) is 35.2 Å². The number of thioether (sulfide) groups is 1. The van der Waals surface area contributed by atoms with Crippen LogP contribution < -0.4 is 5.73 Å². The molecule has 2 N–H and O–H groups in total. The standard InChI is InChI=1S/C11H17NOS2/c12-7-11(9-3-6-14-8-9)15-10-1-4-13-5-2-10/h3,6,8,10-11H,1-2,4-5,7,12H2. The minimum absolute atomic E-state index is 0.472. The Labute approximate surface area is 99.2 Å². The largest absolute Gasteiger partial charge is 0.381 e. The molecule has 1 fully saturated rings. The first-order valence-electron chi connectivity index (χ1n) is 5.35. The van der Waals surface area contributed by atoms with Crippen molar-refractivity contribution in [3.63, 3.8) is 0 Å². The molecule has 1 aliphatic heterocycles. The van der Waals surface area contributed by atoms with Crippen LogP contribution in [0.3, 0.4) is 0 Å². The molecule has 1 unspecified atom stereocenters. The summed E-state index contributed by atoms with van der Waals surface area (Å²) in [6.45, 7) is 2.57. The lowest BCUT2D eigenvalue weighted by Crippen LogP contribution is -2.20. The number of ether oxygens (including phenoxy) is 1. The lowest BCUT2D eigenvalue weighted by atomic mass is 10.2. The highest BCUT2D eigenvalue weighted by Crippen LogP contribution is 2.36. The zero-order valence-electron chi connectivity index (χ0n) is 8.72. The van der Waals surface area contributed by atoms with Crippen molar-refractivity contribution in [3.8, 4) is 0 Å². The number of hydrogen-bond acceptors (Lipinski definition) is 4. The van der Waals surface area contributed by atoms with Gasteiger partial charge in [0, 0.05) is 30.3 Å². The van der Waals surface area contributed by atoms with Crippen LogP contribution in [0, 0.1) is 0 Å². The van der Waals surface area contributed by atoms with Crippen LogP contribution in [0.15, 0.2) is 16.8 Å². The summed E-state index contributed by atoms with van der Waals surface area (Å²) in [6.07, 6.45) is 2.34. The quantitative estimate of drug-likeness (QED) is 0.883. The van der Waals surface area contributed by atoms with Gasteiger partial charge in [-0.25, -0.2) is 0 Å².